The van der Waals surface area contributed by atoms with Crippen LogP contribution in [0.1, 0.15) is 51.0 Å². The van der Waals surface area contributed by atoms with Gasteiger partial charge < -0.3 is 20.1 Å². The third-order valence-corrected chi connectivity index (χ3v) is 4.94. The fourth-order valence-electron chi connectivity index (χ4n) is 3.52. The molecule has 1 fully saturated rings. The molecule has 0 bridgehead atoms. The monoisotopic (exact) mass is 357 g/mol. The van der Waals surface area contributed by atoms with Gasteiger partial charge in [0.15, 0.2) is 17.5 Å². The van der Waals surface area contributed by atoms with Crippen LogP contribution in [-0.2, 0) is 6.54 Å². The predicted octanol–water partition coefficient (Wildman–Crippen LogP) is 3.79. The number of nitrogens with one attached hydrogen (secondary N) is 2. The maximum Gasteiger partial charge on any atom is 0.191 e. The van der Waals surface area contributed by atoms with E-state index >= 15 is 0 Å². The first-order valence-electron chi connectivity index (χ1n) is 9.82. The Labute approximate surface area is 156 Å². The Morgan fingerprint density at radius 1 is 1.15 bits per heavy atom. The van der Waals surface area contributed by atoms with Crippen molar-refractivity contribution in [1.29, 1.82) is 0 Å². The Morgan fingerprint density at radius 3 is 2.62 bits per heavy atom. The van der Waals surface area contributed by atoms with E-state index in [4.69, 9.17) is 14.5 Å². The lowest BCUT2D eigenvalue weighted by Gasteiger charge is -2.18. The second kappa shape index (κ2) is 9.51. The van der Waals surface area contributed by atoms with Crippen molar-refractivity contribution < 1.29 is 9.47 Å². The van der Waals surface area contributed by atoms with Crippen LogP contribution in [0.4, 0.5) is 0 Å². The number of methoxy groups -OCH3 is 1. The zero-order chi connectivity index (χ0) is 18.2. The molecule has 0 radical (unpaired) electrons. The molecule has 0 aromatic heterocycles. The number of aliphatic imine (C=N–C) groups is 1. The summed E-state index contributed by atoms with van der Waals surface area (Å²) in [4.78, 5) is 4.75. The molecule has 2 aliphatic carbocycles. The Kier molecular flexibility index (Phi) is 6.81. The highest BCUT2D eigenvalue weighted by Gasteiger charge is 2.18. The van der Waals surface area contributed by atoms with Gasteiger partial charge >= 0.3 is 0 Å². The van der Waals surface area contributed by atoms with Gasteiger partial charge in [-0.3, -0.25) is 0 Å². The number of guanidine groups is 1. The SMILES string of the molecule is CCNC(=NCc1ccc(OC)c(OC2CCCC2)c1)NC1CC=CC1. The van der Waals surface area contributed by atoms with E-state index in [1.54, 1.807) is 7.11 Å². The van der Waals surface area contributed by atoms with Crippen molar-refractivity contribution in [2.75, 3.05) is 13.7 Å². The van der Waals surface area contributed by atoms with Crippen LogP contribution < -0.4 is 20.1 Å². The van der Waals surface area contributed by atoms with E-state index in [-0.39, 0.29) is 0 Å². The Balaban J connectivity index is 1.66. The van der Waals surface area contributed by atoms with Gasteiger partial charge in [-0.05, 0) is 63.1 Å². The molecule has 142 valence electrons. The fourth-order valence-corrected chi connectivity index (χ4v) is 3.52. The number of benzene rings is 1. The van der Waals surface area contributed by atoms with Crippen molar-refractivity contribution in [3.63, 3.8) is 0 Å². The molecule has 1 aromatic carbocycles. The number of hydrogen-bond donors (Lipinski definition) is 2. The Hall–Kier alpha value is -2.17. The molecule has 26 heavy (non-hydrogen) atoms. The molecule has 1 aromatic rings. The number of rotatable bonds is 7. The predicted molar refractivity (Wildman–Crippen MR) is 106 cm³/mol. The van der Waals surface area contributed by atoms with E-state index < -0.39 is 0 Å². The molecular formula is C21H31N3O2. The molecule has 0 heterocycles. The molecule has 3 rings (SSSR count). The number of ether oxygens (including phenoxy) is 2. The summed E-state index contributed by atoms with van der Waals surface area (Å²) < 4.78 is 11.7. The van der Waals surface area contributed by atoms with Gasteiger partial charge in [0.1, 0.15) is 0 Å². The van der Waals surface area contributed by atoms with Crippen LogP contribution >= 0.6 is 0 Å². The smallest absolute Gasteiger partial charge is 0.191 e. The molecular weight excluding hydrogens is 326 g/mol. The van der Waals surface area contributed by atoms with Gasteiger partial charge in [-0.25, -0.2) is 4.99 Å². The van der Waals surface area contributed by atoms with Gasteiger partial charge in [0.05, 0.1) is 19.8 Å². The number of nitrogens with zero attached hydrogens (tertiary/aromatic N) is 1. The zero-order valence-electron chi connectivity index (χ0n) is 16.0. The third kappa shape index (κ3) is 5.16. The molecule has 2 N–H and O–H groups in total. The van der Waals surface area contributed by atoms with Crippen molar-refractivity contribution in [3.8, 4) is 11.5 Å². The minimum atomic E-state index is 0.316. The minimum Gasteiger partial charge on any atom is -0.493 e. The summed E-state index contributed by atoms with van der Waals surface area (Å²) in [6, 6.07) is 6.56. The summed E-state index contributed by atoms with van der Waals surface area (Å²) in [6.45, 7) is 3.55. The van der Waals surface area contributed by atoms with Crippen LogP contribution in [0.3, 0.4) is 0 Å². The van der Waals surface area contributed by atoms with Crippen LogP contribution in [-0.4, -0.2) is 31.8 Å². The van der Waals surface area contributed by atoms with Gasteiger partial charge in [-0.15, -0.1) is 0 Å². The second-order valence-electron chi connectivity index (χ2n) is 6.99. The molecule has 0 unspecified atom stereocenters. The summed E-state index contributed by atoms with van der Waals surface area (Å²) in [7, 11) is 1.69. The van der Waals surface area contributed by atoms with Crippen LogP contribution in [0.15, 0.2) is 35.3 Å². The molecule has 0 aliphatic heterocycles. The minimum absolute atomic E-state index is 0.316. The van der Waals surface area contributed by atoms with Crippen LogP contribution in [0.25, 0.3) is 0 Å². The average molecular weight is 357 g/mol. The van der Waals surface area contributed by atoms with Crippen LogP contribution in [0.5, 0.6) is 11.5 Å². The van der Waals surface area contributed by atoms with Crippen molar-refractivity contribution in [1.82, 2.24) is 10.6 Å². The average Bonchev–Trinajstić information content (AvgIpc) is 3.34. The lowest BCUT2D eigenvalue weighted by atomic mass is 10.2. The Bertz CT molecular complexity index is 628. The molecule has 0 spiro atoms. The summed E-state index contributed by atoms with van der Waals surface area (Å²) >= 11 is 0. The first-order valence-corrected chi connectivity index (χ1v) is 9.82. The highest BCUT2D eigenvalue weighted by atomic mass is 16.5. The first kappa shape index (κ1) is 18.6. The van der Waals surface area contributed by atoms with E-state index in [0.717, 1.165) is 55.3 Å². The highest BCUT2D eigenvalue weighted by Crippen LogP contribution is 2.32. The van der Waals surface area contributed by atoms with E-state index in [2.05, 4.69) is 41.8 Å². The van der Waals surface area contributed by atoms with Crippen LogP contribution in [0, 0.1) is 0 Å². The zero-order valence-corrected chi connectivity index (χ0v) is 16.0. The lowest BCUT2D eigenvalue weighted by molar-refractivity contribution is 0.200. The largest absolute Gasteiger partial charge is 0.493 e. The van der Waals surface area contributed by atoms with Crippen LogP contribution in [0.2, 0.25) is 0 Å². The molecule has 5 nitrogen and oxygen atoms in total. The standard InChI is InChI=1S/C21H31N3O2/c1-3-22-21(24-17-8-4-5-9-17)23-15-16-12-13-19(25-2)20(14-16)26-18-10-6-7-11-18/h4-5,12-14,17-18H,3,6-11,15H2,1-2H3,(H2,22,23,24). The van der Waals surface area contributed by atoms with Gasteiger partial charge in [0.2, 0.25) is 0 Å². The van der Waals surface area contributed by atoms with Gasteiger partial charge in [-0.2, -0.15) is 0 Å². The first-order chi connectivity index (χ1) is 12.8. The van der Waals surface area contributed by atoms with Gasteiger partial charge in [0.25, 0.3) is 0 Å². The topological polar surface area (TPSA) is 54.9 Å². The molecule has 1 saturated carbocycles. The molecule has 0 atom stereocenters. The van der Waals surface area contributed by atoms with E-state index in [0.29, 0.717) is 18.7 Å². The summed E-state index contributed by atoms with van der Waals surface area (Å²) in [6.07, 6.45) is 11.7. The van der Waals surface area contributed by atoms with E-state index in [1.165, 1.54) is 12.8 Å². The molecule has 5 heteroatoms. The molecule has 0 amide bonds. The summed E-state index contributed by atoms with van der Waals surface area (Å²) in [5.74, 6) is 2.51. The maximum atomic E-state index is 6.19. The molecule has 2 aliphatic rings. The second-order valence-corrected chi connectivity index (χ2v) is 6.99. The normalized spacial score (nSPS) is 18.3. The maximum absolute atomic E-state index is 6.19. The van der Waals surface area contributed by atoms with E-state index in [1.807, 2.05) is 6.07 Å². The van der Waals surface area contributed by atoms with Crippen molar-refractivity contribution >= 4 is 5.96 Å². The van der Waals surface area contributed by atoms with Gasteiger partial charge in [0, 0.05) is 12.6 Å². The Morgan fingerprint density at radius 2 is 1.92 bits per heavy atom. The van der Waals surface area contributed by atoms with Crippen molar-refractivity contribution in [3.05, 3.63) is 35.9 Å². The van der Waals surface area contributed by atoms with Crippen molar-refractivity contribution in [2.24, 2.45) is 4.99 Å². The summed E-state index contributed by atoms with van der Waals surface area (Å²) in [5.41, 5.74) is 1.13. The van der Waals surface area contributed by atoms with E-state index in [9.17, 15) is 0 Å². The lowest BCUT2D eigenvalue weighted by Crippen LogP contribution is -2.42. The number of hydrogen-bond acceptors (Lipinski definition) is 3. The quantitative estimate of drug-likeness (QED) is 0.443. The highest BCUT2D eigenvalue weighted by molar-refractivity contribution is 5.80. The fraction of sp³-hybridized carbons (Fsp3) is 0.571. The van der Waals surface area contributed by atoms with Crippen molar-refractivity contribution in [2.45, 2.75) is 64.1 Å². The van der Waals surface area contributed by atoms with Gasteiger partial charge in [-0.1, -0.05) is 18.2 Å². The summed E-state index contributed by atoms with van der Waals surface area (Å²) in [5, 5.41) is 6.83. The third-order valence-electron chi connectivity index (χ3n) is 4.94. The molecule has 0 saturated heterocycles.